The first kappa shape index (κ1) is 47.9. The Morgan fingerprint density at radius 3 is 2.53 bits per heavy atom. The zero-order valence-electron chi connectivity index (χ0n) is 37.2. The predicted molar refractivity (Wildman–Crippen MR) is 250 cm³/mol. The highest BCUT2D eigenvalue weighted by Crippen LogP contribution is 2.62. The number of nitrogens with zero attached hydrogens (tertiary/aromatic N) is 4. The van der Waals surface area contributed by atoms with Crippen LogP contribution in [0.5, 0.6) is 23.0 Å². The lowest BCUT2D eigenvalue weighted by Crippen LogP contribution is -2.64. The minimum absolute atomic E-state index is 0.0107. The number of nitrogens with one attached hydrogen (secondary N) is 1. The van der Waals surface area contributed by atoms with Crippen LogP contribution in [0.15, 0.2) is 109 Å². The smallest absolute Gasteiger partial charge is 0.417 e. The number of thioether (sulfide) groups is 1. The number of rotatable bonds is 23. The summed E-state index contributed by atoms with van der Waals surface area (Å²) in [4.78, 5) is 39.4. The third-order valence-corrected chi connectivity index (χ3v) is 13.7. The van der Waals surface area contributed by atoms with E-state index in [9.17, 15) is 25.1 Å². The number of aliphatic hydroxyl groups excluding tert-OH is 2. The average Bonchev–Trinajstić information content (AvgIpc) is 3.33. The van der Waals surface area contributed by atoms with E-state index in [4.69, 9.17) is 33.7 Å². The Labute approximate surface area is 388 Å². The summed E-state index contributed by atoms with van der Waals surface area (Å²) < 4.78 is 31.1. The number of methoxy groups -OCH3 is 2. The van der Waals surface area contributed by atoms with E-state index in [1.807, 2.05) is 12.1 Å². The zero-order valence-corrected chi connectivity index (χ0v) is 38.0. The van der Waals surface area contributed by atoms with Crippen molar-refractivity contribution < 1.29 is 48.5 Å². The number of aromatic nitrogens is 2. The molecule has 1 aliphatic heterocycles. The van der Waals surface area contributed by atoms with Gasteiger partial charge in [0, 0.05) is 74.3 Å². The summed E-state index contributed by atoms with van der Waals surface area (Å²) in [5.74, 6) is 0.642. The Balaban J connectivity index is 1.32. The second-order valence-electron chi connectivity index (χ2n) is 16.3. The summed E-state index contributed by atoms with van der Waals surface area (Å²) in [6.07, 6.45) is 13.8. The molecule has 0 radical (unpaired) electrons. The summed E-state index contributed by atoms with van der Waals surface area (Å²) >= 11 is 1.70. The molecule has 7 rings (SSSR count). The highest BCUT2D eigenvalue weighted by Gasteiger charge is 2.64. The molecule has 3 N–H and O–H groups in total. The Bertz CT molecular complexity index is 2350. The molecule has 350 valence electrons. The molecule has 0 bridgehead atoms. The molecule has 3 aliphatic rings. The third-order valence-electron chi connectivity index (χ3n) is 12.3. The van der Waals surface area contributed by atoms with Crippen LogP contribution in [-0.4, -0.2) is 87.7 Å². The fourth-order valence-electron chi connectivity index (χ4n) is 9.35. The normalized spacial score (nSPS) is 22.2. The lowest BCUT2D eigenvalue weighted by molar-refractivity contribution is -0.384. The number of carbonyl (C=O) groups is 1. The van der Waals surface area contributed by atoms with Crippen LogP contribution in [0.2, 0.25) is 0 Å². The summed E-state index contributed by atoms with van der Waals surface area (Å²) in [6.45, 7) is 4.43. The number of nitro benzene ring substituents is 1. The number of hydrogen-bond donors (Lipinski definition) is 3. The Morgan fingerprint density at radius 2 is 1.82 bits per heavy atom. The minimum Gasteiger partial charge on any atom is -0.497 e. The van der Waals surface area contributed by atoms with E-state index < -0.39 is 22.7 Å². The Hall–Kier alpha value is -6.01. The lowest BCUT2D eigenvalue weighted by Gasteiger charge is -2.58. The van der Waals surface area contributed by atoms with Crippen molar-refractivity contribution in [3.05, 3.63) is 130 Å². The molecular formula is C49H57N5O11S. The third kappa shape index (κ3) is 11.1. The number of oxime groups is 1. The maximum Gasteiger partial charge on any atom is 0.417 e. The number of carbonyl (C=O) groups excluding carboxylic acids is 1. The molecule has 66 heavy (non-hydrogen) atoms. The van der Waals surface area contributed by atoms with Crippen LogP contribution >= 0.6 is 11.8 Å². The molecule has 6 atom stereocenters. The number of anilines is 1. The van der Waals surface area contributed by atoms with Crippen molar-refractivity contribution in [2.45, 2.75) is 74.9 Å². The highest BCUT2D eigenvalue weighted by molar-refractivity contribution is 8.00. The molecule has 16 nitrogen and oxygen atoms in total. The number of non-ortho nitro benzene ring substituents is 1. The summed E-state index contributed by atoms with van der Waals surface area (Å²) in [5.41, 5.74) is 4.45. The van der Waals surface area contributed by atoms with Crippen LogP contribution < -0.4 is 24.3 Å². The van der Waals surface area contributed by atoms with Gasteiger partial charge in [0.1, 0.15) is 29.6 Å². The minimum atomic E-state index is -1.22. The van der Waals surface area contributed by atoms with Gasteiger partial charge in [-0.15, -0.1) is 6.58 Å². The standard InChI is InChI=1S/C49H57N5O11S/c1-4-24-62-49-45(66-25-19-34-30-50-20-21-51-34)29-42(53-63-31-32-11-13-35(14-12-32)54(58)59)39-26-33(9-5-7-22-55)38(10-6-8-23-56)46(47(39)49)40-27-37(16-18-43(40)65-49)64-48(57)52-41-17-15-36(60-2)28-44(41)61-3/h4,11-18,20-21,26-28,30,33,38,45-47,55-56H,1,5-10,19,22-25,29,31H2,2-3H3,(H,52,57)/t33-,38+,45-,46+,47+,49+/m0/s1. The van der Waals surface area contributed by atoms with Crippen molar-refractivity contribution in [2.24, 2.45) is 22.9 Å². The van der Waals surface area contributed by atoms with Crippen LogP contribution in [-0.2, 0) is 22.6 Å². The molecule has 1 amide bonds. The average molecular weight is 924 g/mol. The number of allylic oxidation sites excluding steroid dienone is 1. The number of nitro groups is 1. The number of hydrogen-bond acceptors (Lipinski definition) is 15. The first-order valence-corrected chi connectivity index (χ1v) is 23.3. The monoisotopic (exact) mass is 923 g/mol. The zero-order chi connectivity index (χ0) is 46.5. The van der Waals surface area contributed by atoms with Gasteiger partial charge in [0.15, 0.2) is 0 Å². The number of aryl methyl sites for hydroxylation is 1. The van der Waals surface area contributed by atoms with Crippen molar-refractivity contribution in [3.63, 3.8) is 0 Å². The van der Waals surface area contributed by atoms with Gasteiger partial charge >= 0.3 is 6.09 Å². The van der Waals surface area contributed by atoms with Crippen molar-refractivity contribution in [2.75, 3.05) is 45.1 Å². The summed E-state index contributed by atoms with van der Waals surface area (Å²) in [5, 5.41) is 38.5. The molecule has 17 heteroatoms. The fourth-order valence-corrected chi connectivity index (χ4v) is 10.7. The van der Waals surface area contributed by atoms with E-state index >= 15 is 0 Å². The van der Waals surface area contributed by atoms with Crippen molar-refractivity contribution in [1.82, 2.24) is 9.97 Å². The van der Waals surface area contributed by atoms with Crippen LogP contribution in [0, 0.1) is 27.9 Å². The van der Waals surface area contributed by atoms with Gasteiger partial charge in [-0.3, -0.25) is 25.4 Å². The fraction of sp³-hybridized carbons (Fsp3) is 0.429. The van der Waals surface area contributed by atoms with Crippen LogP contribution in [0.4, 0.5) is 16.2 Å². The molecule has 0 spiro atoms. The van der Waals surface area contributed by atoms with Gasteiger partial charge in [0.2, 0.25) is 5.79 Å². The quantitative estimate of drug-likeness (QED) is 0.0275. The molecule has 1 fully saturated rings. The van der Waals surface area contributed by atoms with E-state index in [-0.39, 0.29) is 55.1 Å². The van der Waals surface area contributed by atoms with Crippen molar-refractivity contribution in [1.29, 1.82) is 0 Å². The Morgan fingerprint density at radius 1 is 1.03 bits per heavy atom. The molecular weight excluding hydrogens is 867 g/mol. The van der Waals surface area contributed by atoms with E-state index in [0.29, 0.717) is 60.1 Å². The summed E-state index contributed by atoms with van der Waals surface area (Å²) in [7, 11) is 3.05. The number of benzene rings is 3. The molecule has 2 heterocycles. The van der Waals surface area contributed by atoms with Gasteiger partial charge in [-0.2, -0.15) is 11.8 Å². The van der Waals surface area contributed by atoms with Gasteiger partial charge in [-0.25, -0.2) is 4.79 Å². The maximum absolute atomic E-state index is 13.6. The van der Waals surface area contributed by atoms with E-state index in [1.54, 1.807) is 79.9 Å². The van der Waals surface area contributed by atoms with E-state index in [0.717, 1.165) is 53.8 Å². The first-order chi connectivity index (χ1) is 32.2. The number of ether oxygens (including phenoxy) is 5. The van der Waals surface area contributed by atoms with Crippen LogP contribution in [0.25, 0.3) is 0 Å². The number of amides is 1. The van der Waals surface area contributed by atoms with E-state index in [1.165, 1.54) is 19.2 Å². The first-order valence-electron chi connectivity index (χ1n) is 22.2. The number of aliphatic hydroxyl groups is 2. The largest absolute Gasteiger partial charge is 0.497 e. The predicted octanol–water partition coefficient (Wildman–Crippen LogP) is 8.82. The second kappa shape index (κ2) is 22.9. The maximum atomic E-state index is 13.6. The SMILES string of the molecule is C=CCO[C@@]12Oc3ccc(OC(=O)Nc4ccc(OC)cc4OC)cc3[C@H]3[C@H](CCCCO)[C@@H](CCCCO)C=C(C(=NOCc4ccc([N+](=O)[O-])cc4)C[C@@H]1SCCc1cnccn1)[C@H]32. The van der Waals surface area contributed by atoms with Gasteiger partial charge in [0.25, 0.3) is 5.69 Å². The molecule has 3 aromatic carbocycles. The van der Waals surface area contributed by atoms with Crippen molar-refractivity contribution in [3.8, 4) is 23.0 Å². The van der Waals surface area contributed by atoms with Gasteiger partial charge in [-0.05, 0) is 96.9 Å². The second-order valence-corrected chi connectivity index (χ2v) is 17.7. The van der Waals surface area contributed by atoms with Gasteiger partial charge < -0.3 is 38.7 Å². The van der Waals surface area contributed by atoms with Crippen LogP contribution in [0.3, 0.4) is 0 Å². The number of fused-ring (bicyclic) bond motifs is 2. The highest BCUT2D eigenvalue weighted by atomic mass is 32.2. The molecule has 0 saturated heterocycles. The molecule has 1 saturated carbocycles. The van der Waals surface area contributed by atoms with Crippen molar-refractivity contribution >= 4 is 34.9 Å². The Kier molecular flexibility index (Phi) is 16.7. The van der Waals surface area contributed by atoms with Gasteiger partial charge in [0.05, 0.1) is 54.0 Å². The molecule has 4 aromatic rings. The molecule has 1 aromatic heterocycles. The van der Waals surface area contributed by atoms with Gasteiger partial charge in [-0.1, -0.05) is 30.1 Å². The van der Waals surface area contributed by atoms with Crippen LogP contribution in [0.1, 0.15) is 67.7 Å². The number of unbranched alkanes of at least 4 members (excludes halogenated alkanes) is 2. The molecule has 2 aliphatic carbocycles. The molecule has 0 unspecified atom stereocenters. The lowest BCUT2D eigenvalue weighted by atomic mass is 9.56. The topological polar surface area (TPSA) is 206 Å². The summed E-state index contributed by atoms with van der Waals surface area (Å²) in [6, 6.07) is 16.7. The van der Waals surface area contributed by atoms with E-state index in [2.05, 4.69) is 27.9 Å².